The second kappa shape index (κ2) is 6.54. The van der Waals surface area contributed by atoms with Crippen LogP contribution in [0.3, 0.4) is 0 Å². The Morgan fingerprint density at radius 2 is 1.91 bits per heavy atom. The molecule has 0 aromatic rings. The van der Waals surface area contributed by atoms with Gasteiger partial charge in [-0.3, -0.25) is 14.5 Å². The van der Waals surface area contributed by atoms with E-state index in [4.69, 9.17) is 4.74 Å². The van der Waals surface area contributed by atoms with Crippen LogP contribution in [0.15, 0.2) is 0 Å². The van der Waals surface area contributed by atoms with Crippen LogP contribution >= 0.6 is 0 Å². The van der Waals surface area contributed by atoms with Crippen LogP contribution in [0.2, 0.25) is 0 Å². The summed E-state index contributed by atoms with van der Waals surface area (Å²) in [6, 6.07) is 0. The predicted octanol–water partition coefficient (Wildman–Crippen LogP) is 0.812. The largest absolute Gasteiger partial charge is 0.481 e. The summed E-state index contributed by atoms with van der Waals surface area (Å²) in [4.78, 5) is 28.3. The molecule has 124 valence electrons. The third-order valence-electron chi connectivity index (χ3n) is 5.50. The van der Waals surface area contributed by atoms with Gasteiger partial charge in [0, 0.05) is 19.7 Å². The highest BCUT2D eigenvalue weighted by Gasteiger charge is 2.55. The van der Waals surface area contributed by atoms with E-state index in [-0.39, 0.29) is 18.4 Å². The number of hydrogen-bond acceptors (Lipinski definition) is 4. The van der Waals surface area contributed by atoms with Crippen molar-refractivity contribution in [1.82, 2.24) is 9.80 Å². The Hall–Kier alpha value is -1.14. The molecule has 1 N–H and O–H groups in total. The van der Waals surface area contributed by atoms with E-state index < -0.39 is 11.4 Å². The monoisotopic (exact) mass is 310 g/mol. The van der Waals surface area contributed by atoms with Gasteiger partial charge in [0.15, 0.2) is 0 Å². The lowest BCUT2D eigenvalue weighted by atomic mass is 9.76. The average molecular weight is 310 g/mol. The van der Waals surface area contributed by atoms with E-state index in [2.05, 4.69) is 4.90 Å². The second-order valence-corrected chi connectivity index (χ2v) is 6.96. The summed E-state index contributed by atoms with van der Waals surface area (Å²) >= 11 is 0. The van der Waals surface area contributed by atoms with E-state index in [1.165, 1.54) is 12.8 Å². The lowest BCUT2D eigenvalue weighted by Crippen LogP contribution is -2.47. The zero-order valence-corrected chi connectivity index (χ0v) is 13.1. The SMILES string of the molecule is O=C(CN1CCCCCC1)N1C[C@@H]2CCOC[C@]2(C(=O)O)C1. The summed E-state index contributed by atoms with van der Waals surface area (Å²) in [7, 11) is 0. The molecule has 6 nitrogen and oxygen atoms in total. The zero-order valence-electron chi connectivity index (χ0n) is 13.1. The number of aliphatic carboxylic acids is 1. The van der Waals surface area contributed by atoms with Crippen molar-refractivity contribution in [2.24, 2.45) is 11.3 Å². The molecule has 2 atom stereocenters. The molecule has 0 saturated carbocycles. The van der Waals surface area contributed by atoms with Gasteiger partial charge < -0.3 is 14.7 Å². The lowest BCUT2D eigenvalue weighted by Gasteiger charge is -2.33. The number of nitrogens with zero attached hydrogens (tertiary/aromatic N) is 2. The summed E-state index contributed by atoms with van der Waals surface area (Å²) in [5.74, 6) is -0.703. The summed E-state index contributed by atoms with van der Waals surface area (Å²) in [5.41, 5.74) is -0.882. The van der Waals surface area contributed by atoms with Crippen molar-refractivity contribution in [3.8, 4) is 0 Å². The first-order valence-corrected chi connectivity index (χ1v) is 8.43. The Kier molecular flexibility index (Phi) is 4.68. The molecule has 3 fully saturated rings. The molecule has 3 saturated heterocycles. The number of amides is 1. The fourth-order valence-electron chi connectivity index (χ4n) is 4.07. The van der Waals surface area contributed by atoms with E-state index in [0.717, 1.165) is 32.4 Å². The normalized spacial score (nSPS) is 33.3. The lowest BCUT2D eigenvalue weighted by molar-refractivity contribution is -0.159. The van der Waals surface area contributed by atoms with Crippen LogP contribution in [0.25, 0.3) is 0 Å². The first kappa shape index (κ1) is 15.7. The fourth-order valence-corrected chi connectivity index (χ4v) is 4.07. The molecular formula is C16H26N2O4. The number of rotatable bonds is 3. The van der Waals surface area contributed by atoms with Gasteiger partial charge in [-0.15, -0.1) is 0 Å². The zero-order chi connectivity index (χ0) is 15.6. The minimum atomic E-state index is -0.882. The van der Waals surface area contributed by atoms with Crippen molar-refractivity contribution < 1.29 is 19.4 Å². The van der Waals surface area contributed by atoms with Gasteiger partial charge >= 0.3 is 5.97 Å². The van der Waals surface area contributed by atoms with Crippen LogP contribution in [-0.4, -0.2) is 72.7 Å². The first-order chi connectivity index (χ1) is 10.6. The molecular weight excluding hydrogens is 284 g/mol. The minimum absolute atomic E-state index is 0.0341. The number of carboxylic acids is 1. The number of ether oxygens (including phenoxy) is 1. The van der Waals surface area contributed by atoms with E-state index in [1.54, 1.807) is 4.90 Å². The Morgan fingerprint density at radius 3 is 2.55 bits per heavy atom. The molecule has 0 radical (unpaired) electrons. The Morgan fingerprint density at radius 1 is 1.18 bits per heavy atom. The van der Waals surface area contributed by atoms with E-state index in [0.29, 0.717) is 26.2 Å². The van der Waals surface area contributed by atoms with Crippen molar-refractivity contribution in [2.75, 3.05) is 45.9 Å². The summed E-state index contributed by atoms with van der Waals surface area (Å²) in [6.07, 6.45) is 5.54. The molecule has 0 aromatic carbocycles. The average Bonchev–Trinajstić information content (AvgIpc) is 2.74. The molecule has 22 heavy (non-hydrogen) atoms. The number of carbonyl (C=O) groups excluding carboxylic acids is 1. The second-order valence-electron chi connectivity index (χ2n) is 6.96. The maximum Gasteiger partial charge on any atom is 0.314 e. The van der Waals surface area contributed by atoms with E-state index in [9.17, 15) is 14.7 Å². The molecule has 6 heteroatoms. The summed E-state index contributed by atoms with van der Waals surface area (Å²) in [6.45, 7) is 4.12. The summed E-state index contributed by atoms with van der Waals surface area (Å²) in [5, 5.41) is 9.63. The predicted molar refractivity (Wildman–Crippen MR) is 80.5 cm³/mol. The maximum absolute atomic E-state index is 12.6. The molecule has 0 aromatic heterocycles. The first-order valence-electron chi connectivity index (χ1n) is 8.43. The van der Waals surface area contributed by atoms with Gasteiger partial charge in [0.2, 0.25) is 5.91 Å². The van der Waals surface area contributed by atoms with Gasteiger partial charge in [0.1, 0.15) is 5.41 Å². The van der Waals surface area contributed by atoms with Gasteiger partial charge in [-0.05, 0) is 38.3 Å². The van der Waals surface area contributed by atoms with Gasteiger partial charge in [-0.2, -0.15) is 0 Å². The van der Waals surface area contributed by atoms with E-state index in [1.807, 2.05) is 0 Å². The molecule has 0 spiro atoms. The van der Waals surface area contributed by atoms with Crippen molar-refractivity contribution in [3.63, 3.8) is 0 Å². The number of fused-ring (bicyclic) bond motifs is 1. The molecule has 0 unspecified atom stereocenters. The molecule has 0 aliphatic carbocycles. The molecule has 0 bridgehead atoms. The number of carbonyl (C=O) groups is 2. The number of carboxylic acid groups (broad SMARTS) is 1. The van der Waals surface area contributed by atoms with Gasteiger partial charge in [0.05, 0.1) is 13.2 Å². The molecule has 3 aliphatic heterocycles. The van der Waals surface area contributed by atoms with Crippen LogP contribution in [0.5, 0.6) is 0 Å². The van der Waals surface area contributed by atoms with Gasteiger partial charge in [-0.1, -0.05) is 12.8 Å². The number of likely N-dealkylation sites (tertiary alicyclic amines) is 2. The van der Waals surface area contributed by atoms with Crippen LogP contribution in [-0.2, 0) is 14.3 Å². The standard InChI is InChI=1S/C16H26N2O4/c19-14(10-17-6-3-1-2-4-7-17)18-9-13-5-8-22-12-16(13,11-18)15(20)21/h13H,1-12H2,(H,20,21)/t13-,16+/m0/s1. The number of hydrogen-bond donors (Lipinski definition) is 1. The third-order valence-corrected chi connectivity index (χ3v) is 5.50. The highest BCUT2D eigenvalue weighted by Crippen LogP contribution is 2.41. The van der Waals surface area contributed by atoms with E-state index >= 15 is 0 Å². The van der Waals surface area contributed by atoms with Crippen LogP contribution < -0.4 is 0 Å². The van der Waals surface area contributed by atoms with Crippen LogP contribution in [0, 0.1) is 11.3 Å². The Balaban J connectivity index is 1.63. The smallest absolute Gasteiger partial charge is 0.314 e. The van der Waals surface area contributed by atoms with Crippen molar-refractivity contribution in [1.29, 1.82) is 0 Å². The maximum atomic E-state index is 12.6. The topological polar surface area (TPSA) is 70.1 Å². The third kappa shape index (κ3) is 2.99. The van der Waals surface area contributed by atoms with Gasteiger partial charge in [0.25, 0.3) is 0 Å². The summed E-state index contributed by atoms with van der Waals surface area (Å²) < 4.78 is 5.41. The molecule has 3 heterocycles. The van der Waals surface area contributed by atoms with Crippen LogP contribution in [0.1, 0.15) is 32.1 Å². The van der Waals surface area contributed by atoms with Crippen molar-refractivity contribution in [3.05, 3.63) is 0 Å². The highest BCUT2D eigenvalue weighted by atomic mass is 16.5. The molecule has 1 amide bonds. The Labute approximate surface area is 131 Å². The quantitative estimate of drug-likeness (QED) is 0.835. The fraction of sp³-hybridized carbons (Fsp3) is 0.875. The Bertz CT molecular complexity index is 434. The highest BCUT2D eigenvalue weighted by molar-refractivity contribution is 5.82. The van der Waals surface area contributed by atoms with Crippen molar-refractivity contribution in [2.45, 2.75) is 32.1 Å². The minimum Gasteiger partial charge on any atom is -0.481 e. The molecule has 3 aliphatic rings. The van der Waals surface area contributed by atoms with Crippen molar-refractivity contribution >= 4 is 11.9 Å². The van der Waals surface area contributed by atoms with Gasteiger partial charge in [-0.25, -0.2) is 0 Å². The van der Waals surface area contributed by atoms with Crippen LogP contribution in [0.4, 0.5) is 0 Å². The molecule has 3 rings (SSSR count).